The summed E-state index contributed by atoms with van der Waals surface area (Å²) in [7, 11) is 1.66. The number of fused-ring (bicyclic) bond motifs is 1. The molecule has 0 radical (unpaired) electrons. The Morgan fingerprint density at radius 3 is 2.79 bits per heavy atom. The molecule has 1 heterocycles. The maximum absolute atomic E-state index is 12.4. The summed E-state index contributed by atoms with van der Waals surface area (Å²) in [5, 5.41) is 4.37. The molecule has 0 unspecified atom stereocenters. The topological polar surface area (TPSA) is 51.5 Å². The normalized spacial score (nSPS) is 11.0. The molecule has 0 aliphatic rings. The number of halogens is 1. The maximum atomic E-state index is 12.4. The van der Waals surface area contributed by atoms with E-state index < -0.39 is 0 Å². The fraction of sp³-hybridized carbons (Fsp3) is 0.211. The van der Waals surface area contributed by atoms with Crippen LogP contribution in [0.1, 0.15) is 27.2 Å². The van der Waals surface area contributed by atoms with Crippen LogP contribution in [0, 0.1) is 6.92 Å². The van der Waals surface area contributed by atoms with Crippen LogP contribution >= 0.6 is 11.6 Å². The Bertz CT molecular complexity index is 885. The minimum atomic E-state index is -0.239. The van der Waals surface area contributed by atoms with Crippen LogP contribution in [-0.2, 0) is 17.9 Å². The number of aryl methyl sites for hydroxylation is 1. The number of amides is 1. The molecule has 0 saturated heterocycles. The fourth-order valence-corrected chi connectivity index (χ4v) is 2.84. The summed E-state index contributed by atoms with van der Waals surface area (Å²) >= 11 is 6.01. The highest BCUT2D eigenvalue weighted by Gasteiger charge is 2.17. The van der Waals surface area contributed by atoms with Crippen molar-refractivity contribution in [2.75, 3.05) is 7.11 Å². The van der Waals surface area contributed by atoms with E-state index in [0.717, 1.165) is 22.1 Å². The largest absolute Gasteiger partial charge is 0.451 e. The van der Waals surface area contributed by atoms with Gasteiger partial charge >= 0.3 is 0 Å². The Balaban J connectivity index is 1.76. The Morgan fingerprint density at radius 1 is 1.21 bits per heavy atom. The first-order valence-electron chi connectivity index (χ1n) is 7.62. The second-order valence-corrected chi connectivity index (χ2v) is 6.07. The number of carbonyl (C=O) groups excluding carboxylic acids is 1. The Labute approximate surface area is 145 Å². The van der Waals surface area contributed by atoms with E-state index in [4.69, 9.17) is 20.8 Å². The van der Waals surface area contributed by atoms with Gasteiger partial charge in [0.25, 0.3) is 5.91 Å². The van der Waals surface area contributed by atoms with Gasteiger partial charge in [0.05, 0.1) is 6.61 Å². The Hall–Kier alpha value is -2.30. The van der Waals surface area contributed by atoms with Crippen LogP contribution in [0.15, 0.2) is 46.9 Å². The van der Waals surface area contributed by atoms with Gasteiger partial charge < -0.3 is 14.5 Å². The first kappa shape index (κ1) is 16.6. The van der Waals surface area contributed by atoms with Crippen molar-refractivity contribution in [1.29, 1.82) is 0 Å². The first-order valence-corrected chi connectivity index (χ1v) is 8.00. The summed E-state index contributed by atoms with van der Waals surface area (Å²) in [6.45, 7) is 2.83. The van der Waals surface area contributed by atoms with Gasteiger partial charge in [-0.05, 0) is 36.2 Å². The molecule has 5 heteroatoms. The van der Waals surface area contributed by atoms with Crippen molar-refractivity contribution < 1.29 is 13.9 Å². The van der Waals surface area contributed by atoms with E-state index in [1.165, 1.54) is 0 Å². The van der Waals surface area contributed by atoms with Crippen molar-refractivity contribution in [1.82, 2.24) is 5.32 Å². The maximum Gasteiger partial charge on any atom is 0.287 e. The smallest absolute Gasteiger partial charge is 0.287 e. The molecule has 124 valence electrons. The second-order valence-electron chi connectivity index (χ2n) is 5.63. The number of nitrogens with one attached hydrogen (secondary N) is 1. The summed E-state index contributed by atoms with van der Waals surface area (Å²) < 4.78 is 10.8. The summed E-state index contributed by atoms with van der Waals surface area (Å²) in [4.78, 5) is 12.4. The van der Waals surface area contributed by atoms with Crippen LogP contribution in [-0.4, -0.2) is 13.0 Å². The number of hydrogen-bond acceptors (Lipinski definition) is 3. The average molecular weight is 344 g/mol. The lowest BCUT2D eigenvalue weighted by Gasteiger charge is -2.06. The van der Waals surface area contributed by atoms with Gasteiger partial charge in [0, 0.05) is 29.6 Å². The third-order valence-corrected chi connectivity index (χ3v) is 4.10. The van der Waals surface area contributed by atoms with Crippen molar-refractivity contribution in [3.05, 3.63) is 69.9 Å². The minimum absolute atomic E-state index is 0.239. The molecule has 0 aliphatic heterocycles. The molecule has 0 aliphatic carbocycles. The molecule has 24 heavy (non-hydrogen) atoms. The fourth-order valence-electron chi connectivity index (χ4n) is 2.67. The van der Waals surface area contributed by atoms with Gasteiger partial charge in [-0.2, -0.15) is 0 Å². The molecule has 4 nitrogen and oxygen atoms in total. The molecule has 1 aromatic heterocycles. The quantitative estimate of drug-likeness (QED) is 0.743. The van der Waals surface area contributed by atoms with Crippen molar-refractivity contribution in [2.24, 2.45) is 0 Å². The van der Waals surface area contributed by atoms with Crippen molar-refractivity contribution in [3.63, 3.8) is 0 Å². The Kier molecular flexibility index (Phi) is 4.88. The molecule has 0 saturated carbocycles. The van der Waals surface area contributed by atoms with Gasteiger partial charge in [0.15, 0.2) is 5.76 Å². The van der Waals surface area contributed by atoms with E-state index in [0.29, 0.717) is 29.5 Å². The van der Waals surface area contributed by atoms with Crippen LogP contribution in [0.3, 0.4) is 0 Å². The number of furan rings is 1. The predicted octanol–water partition coefficient (Wildman–Crippen LogP) is 4.47. The zero-order valence-corrected chi connectivity index (χ0v) is 14.3. The zero-order valence-electron chi connectivity index (χ0n) is 13.6. The summed E-state index contributed by atoms with van der Waals surface area (Å²) in [6, 6.07) is 13.2. The number of methoxy groups -OCH3 is 1. The van der Waals surface area contributed by atoms with Crippen LogP contribution in [0.2, 0.25) is 5.02 Å². The van der Waals surface area contributed by atoms with Gasteiger partial charge in [-0.25, -0.2) is 0 Å². The molecule has 2 aromatic carbocycles. The summed E-state index contributed by atoms with van der Waals surface area (Å²) in [5.41, 5.74) is 3.52. The molecule has 0 bridgehead atoms. The first-order chi connectivity index (χ1) is 11.6. The SMILES string of the molecule is COCc1cccc(CNC(=O)c2oc3ccc(Cl)cc3c2C)c1. The van der Waals surface area contributed by atoms with E-state index >= 15 is 0 Å². The van der Waals surface area contributed by atoms with E-state index in [2.05, 4.69) is 5.32 Å². The number of ether oxygens (including phenoxy) is 1. The minimum Gasteiger partial charge on any atom is -0.451 e. The highest BCUT2D eigenvalue weighted by Crippen LogP contribution is 2.27. The molecule has 3 rings (SSSR count). The third-order valence-electron chi connectivity index (χ3n) is 3.86. The van der Waals surface area contributed by atoms with Crippen LogP contribution in [0.4, 0.5) is 0 Å². The highest BCUT2D eigenvalue weighted by molar-refractivity contribution is 6.31. The van der Waals surface area contributed by atoms with Crippen LogP contribution in [0.5, 0.6) is 0 Å². The monoisotopic (exact) mass is 343 g/mol. The molecule has 0 fully saturated rings. The molecule has 3 aromatic rings. The highest BCUT2D eigenvalue weighted by atomic mass is 35.5. The average Bonchev–Trinajstić information content (AvgIpc) is 2.90. The molecule has 1 amide bonds. The van der Waals surface area contributed by atoms with Crippen molar-refractivity contribution in [3.8, 4) is 0 Å². The number of carbonyl (C=O) groups is 1. The van der Waals surface area contributed by atoms with Crippen molar-refractivity contribution >= 4 is 28.5 Å². The van der Waals surface area contributed by atoms with E-state index in [1.807, 2.05) is 31.2 Å². The van der Waals surface area contributed by atoms with Crippen molar-refractivity contribution in [2.45, 2.75) is 20.1 Å². The lowest BCUT2D eigenvalue weighted by Crippen LogP contribution is -2.23. The lowest BCUT2D eigenvalue weighted by molar-refractivity contribution is 0.0924. The standard InChI is InChI=1S/C19H18ClNO3/c1-12-16-9-15(20)6-7-17(16)24-18(12)19(22)21-10-13-4-3-5-14(8-13)11-23-2/h3-9H,10-11H2,1-2H3,(H,21,22). The van der Waals surface area contributed by atoms with Gasteiger partial charge in [-0.3, -0.25) is 4.79 Å². The third kappa shape index (κ3) is 3.45. The number of rotatable bonds is 5. The Morgan fingerprint density at radius 2 is 2.00 bits per heavy atom. The van der Waals surface area contributed by atoms with Crippen LogP contribution in [0.25, 0.3) is 11.0 Å². The summed E-state index contributed by atoms with van der Waals surface area (Å²) in [6.07, 6.45) is 0. The molecule has 1 N–H and O–H groups in total. The summed E-state index contributed by atoms with van der Waals surface area (Å²) in [5.74, 6) is 0.0808. The predicted molar refractivity (Wildman–Crippen MR) is 94.3 cm³/mol. The molecule has 0 spiro atoms. The van der Waals surface area contributed by atoms with Crippen LogP contribution < -0.4 is 5.32 Å². The van der Waals surface area contributed by atoms with E-state index in [-0.39, 0.29) is 5.91 Å². The zero-order chi connectivity index (χ0) is 17.1. The number of hydrogen-bond donors (Lipinski definition) is 1. The molecular formula is C19H18ClNO3. The number of benzene rings is 2. The molecular weight excluding hydrogens is 326 g/mol. The lowest BCUT2D eigenvalue weighted by atomic mass is 10.1. The molecule has 0 atom stereocenters. The second kappa shape index (κ2) is 7.07. The van der Waals surface area contributed by atoms with Gasteiger partial charge in [-0.15, -0.1) is 0 Å². The van der Waals surface area contributed by atoms with Gasteiger partial charge in [-0.1, -0.05) is 35.9 Å². The van der Waals surface area contributed by atoms with Gasteiger partial charge in [0.1, 0.15) is 5.58 Å². The van der Waals surface area contributed by atoms with E-state index in [9.17, 15) is 4.79 Å². The van der Waals surface area contributed by atoms with E-state index in [1.54, 1.807) is 25.3 Å². The van der Waals surface area contributed by atoms with Gasteiger partial charge in [0.2, 0.25) is 0 Å².